The van der Waals surface area contributed by atoms with Crippen molar-refractivity contribution in [3.05, 3.63) is 70.9 Å². The second-order valence-electron chi connectivity index (χ2n) is 6.07. The van der Waals surface area contributed by atoms with E-state index in [1.165, 1.54) is 0 Å². The maximum absolute atomic E-state index is 12.2. The first-order valence-corrected chi connectivity index (χ1v) is 8.37. The Morgan fingerprint density at radius 2 is 2.00 bits per heavy atom. The maximum Gasteiger partial charge on any atom is 0.363 e. The van der Waals surface area contributed by atoms with E-state index < -0.39 is 5.97 Å². The first-order chi connectivity index (χ1) is 13.1. The molecule has 0 aliphatic carbocycles. The zero-order chi connectivity index (χ0) is 18.8. The number of hydrogen-bond acceptors (Lipinski definition) is 6. The van der Waals surface area contributed by atoms with Gasteiger partial charge in [0.15, 0.2) is 17.2 Å². The Balaban J connectivity index is 1.58. The van der Waals surface area contributed by atoms with Gasteiger partial charge < -0.3 is 18.9 Å². The highest BCUT2D eigenvalue weighted by atomic mass is 16.7. The summed E-state index contributed by atoms with van der Waals surface area (Å²) >= 11 is 0. The Labute approximate surface area is 156 Å². The summed E-state index contributed by atoms with van der Waals surface area (Å²) in [5, 5.41) is 0. The fourth-order valence-corrected chi connectivity index (χ4v) is 2.81. The molecule has 0 saturated carbocycles. The quantitative estimate of drug-likeness (QED) is 0.612. The van der Waals surface area contributed by atoms with Crippen molar-refractivity contribution >= 4 is 17.9 Å². The maximum atomic E-state index is 12.2. The van der Waals surface area contributed by atoms with E-state index in [0.717, 1.165) is 16.9 Å². The number of methoxy groups -OCH3 is 1. The first kappa shape index (κ1) is 16.9. The second kappa shape index (κ2) is 6.99. The number of carbonyl (C=O) groups is 1. The van der Waals surface area contributed by atoms with E-state index in [9.17, 15) is 4.79 Å². The highest BCUT2D eigenvalue weighted by Crippen LogP contribution is 2.33. The number of allylic oxidation sites excluding steroid dienone is 2. The normalized spacial score (nSPS) is 17.1. The van der Waals surface area contributed by atoms with Gasteiger partial charge in [0.25, 0.3) is 0 Å². The molecule has 0 saturated heterocycles. The van der Waals surface area contributed by atoms with Crippen molar-refractivity contribution in [3.8, 4) is 17.2 Å². The summed E-state index contributed by atoms with van der Waals surface area (Å²) in [7, 11) is 1.58. The van der Waals surface area contributed by atoms with E-state index in [4.69, 9.17) is 18.9 Å². The Morgan fingerprint density at radius 1 is 1.15 bits per heavy atom. The van der Waals surface area contributed by atoms with Crippen molar-refractivity contribution in [2.45, 2.75) is 6.92 Å². The van der Waals surface area contributed by atoms with Crippen LogP contribution in [0.2, 0.25) is 0 Å². The molecule has 2 heterocycles. The molecule has 0 radical (unpaired) electrons. The number of nitrogens with zero attached hydrogens (tertiary/aromatic N) is 1. The Hall–Kier alpha value is -3.54. The lowest BCUT2D eigenvalue weighted by Gasteiger charge is -2.02. The number of aliphatic imine (C=N–C) groups is 1. The van der Waals surface area contributed by atoms with Crippen LogP contribution in [0.15, 0.2) is 64.8 Å². The smallest absolute Gasteiger partial charge is 0.363 e. The number of carbonyl (C=O) groups excluding carboxylic acids is 1. The standard InChI is InChI=1S/C21H17NO5/c1-13(8-14-6-7-18-19(10-14)26-12-25-18)9-17-21(23)27-20(22-17)15-4-3-5-16(11-15)24-2/h3-11H,12H2,1-2H3. The SMILES string of the molecule is COc1cccc(C2=NC(=CC(C)=Cc3ccc4c(c3)OCO4)C(=O)O2)c1. The first-order valence-electron chi connectivity index (χ1n) is 8.37. The van der Waals surface area contributed by atoms with Crippen LogP contribution in [0.3, 0.4) is 0 Å². The van der Waals surface area contributed by atoms with Gasteiger partial charge in [0.05, 0.1) is 7.11 Å². The van der Waals surface area contributed by atoms with Gasteiger partial charge in [-0.2, -0.15) is 0 Å². The number of hydrogen-bond donors (Lipinski definition) is 0. The molecule has 0 amide bonds. The molecule has 4 rings (SSSR count). The zero-order valence-corrected chi connectivity index (χ0v) is 14.9. The molecule has 136 valence electrons. The lowest BCUT2D eigenvalue weighted by Crippen LogP contribution is -2.05. The molecule has 27 heavy (non-hydrogen) atoms. The highest BCUT2D eigenvalue weighted by molar-refractivity contribution is 6.11. The summed E-state index contributed by atoms with van der Waals surface area (Å²) in [5.74, 6) is 1.90. The molecule has 6 heteroatoms. The Bertz CT molecular complexity index is 1000. The average Bonchev–Trinajstić information content (AvgIpc) is 3.28. The fraction of sp³-hybridized carbons (Fsp3) is 0.143. The second-order valence-corrected chi connectivity index (χ2v) is 6.07. The van der Waals surface area contributed by atoms with Gasteiger partial charge in [0.2, 0.25) is 12.7 Å². The number of cyclic esters (lactones) is 1. The van der Waals surface area contributed by atoms with Gasteiger partial charge in [0, 0.05) is 5.56 Å². The van der Waals surface area contributed by atoms with Crippen molar-refractivity contribution in [3.63, 3.8) is 0 Å². The van der Waals surface area contributed by atoms with Crippen LogP contribution in [0.4, 0.5) is 0 Å². The summed E-state index contributed by atoms with van der Waals surface area (Å²) in [4.78, 5) is 16.5. The third-order valence-electron chi connectivity index (χ3n) is 4.09. The molecule has 2 aliphatic heterocycles. The van der Waals surface area contributed by atoms with Crippen LogP contribution < -0.4 is 14.2 Å². The van der Waals surface area contributed by atoms with Crippen molar-refractivity contribution in [2.24, 2.45) is 4.99 Å². The minimum Gasteiger partial charge on any atom is -0.497 e. The van der Waals surface area contributed by atoms with Crippen molar-refractivity contribution < 1.29 is 23.7 Å². The van der Waals surface area contributed by atoms with Gasteiger partial charge in [-0.25, -0.2) is 9.79 Å². The molecule has 2 aliphatic rings. The minimum atomic E-state index is -0.480. The molecule has 0 spiro atoms. The topological polar surface area (TPSA) is 66.3 Å². The van der Waals surface area contributed by atoms with Gasteiger partial charge in [-0.1, -0.05) is 18.2 Å². The summed E-state index contributed by atoms with van der Waals surface area (Å²) in [5.41, 5.74) is 2.74. The molecule has 2 aromatic carbocycles. The van der Waals surface area contributed by atoms with Crippen molar-refractivity contribution in [2.75, 3.05) is 13.9 Å². The Morgan fingerprint density at radius 3 is 2.85 bits per heavy atom. The van der Waals surface area contributed by atoms with Gasteiger partial charge in [-0.05, 0) is 54.5 Å². The Kier molecular flexibility index (Phi) is 4.38. The molecular weight excluding hydrogens is 346 g/mol. The van der Waals surface area contributed by atoms with E-state index in [-0.39, 0.29) is 18.4 Å². The third-order valence-corrected chi connectivity index (χ3v) is 4.09. The molecular formula is C21H17NO5. The monoisotopic (exact) mass is 363 g/mol. The summed E-state index contributed by atoms with van der Waals surface area (Å²) in [6.45, 7) is 2.13. The predicted molar refractivity (Wildman–Crippen MR) is 99.9 cm³/mol. The van der Waals surface area contributed by atoms with Gasteiger partial charge in [-0.15, -0.1) is 0 Å². The molecule has 0 bridgehead atoms. The van der Waals surface area contributed by atoms with Gasteiger partial charge in [-0.3, -0.25) is 0 Å². The minimum absolute atomic E-state index is 0.235. The predicted octanol–water partition coefficient (Wildman–Crippen LogP) is 3.71. The van der Waals surface area contributed by atoms with Crippen LogP contribution >= 0.6 is 0 Å². The van der Waals surface area contributed by atoms with E-state index in [1.54, 1.807) is 19.3 Å². The largest absolute Gasteiger partial charge is 0.497 e. The lowest BCUT2D eigenvalue weighted by molar-refractivity contribution is -0.130. The summed E-state index contributed by atoms with van der Waals surface area (Å²) < 4.78 is 21.2. The summed E-state index contributed by atoms with van der Waals surface area (Å²) in [6, 6.07) is 12.9. The van der Waals surface area contributed by atoms with Crippen LogP contribution in [-0.4, -0.2) is 25.8 Å². The van der Waals surface area contributed by atoms with E-state index in [2.05, 4.69) is 4.99 Å². The van der Waals surface area contributed by atoms with Crippen LogP contribution in [0, 0.1) is 0 Å². The van der Waals surface area contributed by atoms with E-state index in [1.807, 2.05) is 49.4 Å². The van der Waals surface area contributed by atoms with Crippen molar-refractivity contribution in [1.29, 1.82) is 0 Å². The zero-order valence-electron chi connectivity index (χ0n) is 14.9. The molecule has 0 fully saturated rings. The van der Waals surface area contributed by atoms with Gasteiger partial charge in [0.1, 0.15) is 5.75 Å². The van der Waals surface area contributed by atoms with Crippen LogP contribution in [-0.2, 0) is 9.53 Å². The van der Waals surface area contributed by atoms with Crippen LogP contribution in [0.25, 0.3) is 6.08 Å². The highest BCUT2D eigenvalue weighted by Gasteiger charge is 2.24. The molecule has 0 aromatic heterocycles. The fourth-order valence-electron chi connectivity index (χ4n) is 2.81. The van der Waals surface area contributed by atoms with Crippen molar-refractivity contribution in [1.82, 2.24) is 0 Å². The number of fused-ring (bicyclic) bond motifs is 1. The number of esters is 1. The third kappa shape index (κ3) is 3.55. The lowest BCUT2D eigenvalue weighted by atomic mass is 10.1. The molecule has 2 aromatic rings. The number of benzene rings is 2. The molecule has 0 unspecified atom stereocenters. The number of rotatable bonds is 4. The van der Waals surface area contributed by atoms with Crippen LogP contribution in [0.1, 0.15) is 18.1 Å². The van der Waals surface area contributed by atoms with E-state index >= 15 is 0 Å². The molecule has 0 atom stereocenters. The van der Waals surface area contributed by atoms with E-state index in [0.29, 0.717) is 17.1 Å². The molecule has 0 N–H and O–H groups in total. The number of ether oxygens (including phenoxy) is 4. The molecule has 6 nitrogen and oxygen atoms in total. The average molecular weight is 363 g/mol. The van der Waals surface area contributed by atoms with Gasteiger partial charge >= 0.3 is 5.97 Å². The van der Waals surface area contributed by atoms with Crippen LogP contribution in [0.5, 0.6) is 17.2 Å². The summed E-state index contributed by atoms with van der Waals surface area (Å²) in [6.07, 6.45) is 3.63.